The Morgan fingerprint density at radius 1 is 1.33 bits per heavy atom. The molecule has 3 rings (SSSR count). The molecule has 2 aliphatic rings. The highest BCUT2D eigenvalue weighted by atomic mass is 127. The molecular weight excluding hydrogens is 485 g/mol. The Kier molecular flexibility index (Phi) is 7.27. The second-order valence-electron chi connectivity index (χ2n) is 6.88. The van der Waals surface area contributed by atoms with Crippen LogP contribution in [0.2, 0.25) is 0 Å². The van der Waals surface area contributed by atoms with Crippen LogP contribution in [0.4, 0.5) is 0 Å². The predicted octanol–water partition coefficient (Wildman–Crippen LogP) is 3.67. The first kappa shape index (κ1) is 20.7. The number of aliphatic hydroxyl groups is 2. The standard InChI is InChI=1S/C19H21ClINO5/c20-16-6-3-12(19-18(24)17(22-25)9-15(10-23)26-19)8-13(16)7-11-1-4-14(27-21)5-2-11/h1-6,12,15,17-19,23-24H,7-10H2/t12?,15?,17-,18+,19-/m0/s1. The summed E-state index contributed by atoms with van der Waals surface area (Å²) < 4.78 is 11.0. The minimum atomic E-state index is -1.00. The molecule has 1 aliphatic carbocycles. The van der Waals surface area contributed by atoms with Gasteiger partial charge in [0, 0.05) is 17.4 Å². The second-order valence-corrected chi connectivity index (χ2v) is 7.73. The maximum atomic E-state index is 11.1. The summed E-state index contributed by atoms with van der Waals surface area (Å²) in [6.45, 7) is -0.208. The van der Waals surface area contributed by atoms with Crippen LogP contribution in [-0.4, -0.2) is 41.2 Å². The maximum absolute atomic E-state index is 11.1. The van der Waals surface area contributed by atoms with Crippen LogP contribution in [0.15, 0.2) is 52.2 Å². The highest BCUT2D eigenvalue weighted by molar-refractivity contribution is 14.1. The fourth-order valence-electron chi connectivity index (χ4n) is 3.63. The van der Waals surface area contributed by atoms with Gasteiger partial charge >= 0.3 is 0 Å². The Morgan fingerprint density at radius 2 is 2.07 bits per heavy atom. The third kappa shape index (κ3) is 4.89. The summed E-state index contributed by atoms with van der Waals surface area (Å²) in [7, 11) is 0. The number of nitrogens with zero attached hydrogens (tertiary/aromatic N) is 1. The molecule has 1 heterocycles. The smallest absolute Gasteiger partial charge is 0.192 e. The van der Waals surface area contributed by atoms with Gasteiger partial charge in [0.25, 0.3) is 0 Å². The zero-order valence-corrected chi connectivity index (χ0v) is 17.4. The molecule has 5 atom stereocenters. The van der Waals surface area contributed by atoms with Gasteiger partial charge in [-0.15, -0.1) is 0 Å². The monoisotopic (exact) mass is 505 g/mol. The molecule has 146 valence electrons. The zero-order chi connectivity index (χ0) is 19.4. The lowest BCUT2D eigenvalue weighted by Gasteiger charge is -2.40. The highest BCUT2D eigenvalue weighted by Gasteiger charge is 2.42. The lowest BCUT2D eigenvalue weighted by atomic mass is 9.81. The largest absolute Gasteiger partial charge is 0.428 e. The molecule has 27 heavy (non-hydrogen) atoms. The molecule has 2 N–H and O–H groups in total. The molecule has 8 heteroatoms. The van der Waals surface area contributed by atoms with Gasteiger partial charge in [-0.25, -0.2) is 0 Å². The van der Waals surface area contributed by atoms with Crippen LogP contribution in [0.5, 0.6) is 5.75 Å². The first-order chi connectivity index (χ1) is 13.0. The molecule has 0 bridgehead atoms. The minimum Gasteiger partial charge on any atom is -0.428 e. The molecule has 0 saturated carbocycles. The van der Waals surface area contributed by atoms with Gasteiger partial charge < -0.3 is 18.0 Å². The average molecular weight is 506 g/mol. The van der Waals surface area contributed by atoms with E-state index >= 15 is 0 Å². The topological polar surface area (TPSA) is 88.4 Å². The number of halogens is 2. The quantitative estimate of drug-likeness (QED) is 0.455. The molecule has 1 aromatic rings. The Balaban J connectivity index is 1.73. The molecule has 1 aliphatic heterocycles. The van der Waals surface area contributed by atoms with Crippen LogP contribution in [-0.2, 0) is 11.2 Å². The zero-order valence-electron chi connectivity index (χ0n) is 14.5. The first-order valence-electron chi connectivity index (χ1n) is 8.75. The highest BCUT2D eigenvalue weighted by Crippen LogP contribution is 2.36. The van der Waals surface area contributed by atoms with E-state index in [1.807, 2.05) is 59.4 Å². The van der Waals surface area contributed by atoms with E-state index in [2.05, 4.69) is 5.18 Å². The van der Waals surface area contributed by atoms with E-state index in [0.29, 0.717) is 17.9 Å². The number of hydrogen-bond acceptors (Lipinski definition) is 6. The first-order valence-corrected chi connectivity index (χ1v) is 10.0. The minimum absolute atomic E-state index is 0.145. The molecule has 1 saturated heterocycles. The summed E-state index contributed by atoms with van der Waals surface area (Å²) >= 11 is 8.24. The Hall–Kier alpha value is -1.00. The van der Waals surface area contributed by atoms with Crippen LogP contribution in [0, 0.1) is 10.8 Å². The Bertz CT molecular complexity index is 723. The van der Waals surface area contributed by atoms with Crippen LogP contribution < -0.4 is 3.07 Å². The van der Waals surface area contributed by atoms with Crippen molar-refractivity contribution in [2.24, 2.45) is 11.1 Å². The summed E-state index contributed by atoms with van der Waals surface area (Å²) in [5.74, 6) is 0.634. The average Bonchev–Trinajstić information content (AvgIpc) is 2.70. The van der Waals surface area contributed by atoms with E-state index in [0.717, 1.165) is 16.9 Å². The van der Waals surface area contributed by atoms with Crippen molar-refractivity contribution >= 4 is 34.6 Å². The van der Waals surface area contributed by atoms with Crippen LogP contribution >= 0.6 is 34.6 Å². The fraction of sp³-hybridized carbons (Fsp3) is 0.474. The summed E-state index contributed by atoms with van der Waals surface area (Å²) in [6.07, 6.45) is 3.10. The van der Waals surface area contributed by atoms with Crippen LogP contribution in [0.1, 0.15) is 18.4 Å². The van der Waals surface area contributed by atoms with E-state index < -0.39 is 24.4 Å². The number of ether oxygens (including phenoxy) is 1. The van der Waals surface area contributed by atoms with Crippen molar-refractivity contribution in [3.8, 4) is 5.75 Å². The molecule has 0 aromatic heterocycles. The predicted molar refractivity (Wildman–Crippen MR) is 111 cm³/mol. The summed E-state index contributed by atoms with van der Waals surface area (Å²) in [5.41, 5.74) is 2.13. The van der Waals surface area contributed by atoms with Crippen molar-refractivity contribution in [1.82, 2.24) is 0 Å². The van der Waals surface area contributed by atoms with E-state index in [1.54, 1.807) is 0 Å². The Morgan fingerprint density at radius 3 is 2.70 bits per heavy atom. The van der Waals surface area contributed by atoms with Crippen molar-refractivity contribution in [2.45, 2.75) is 43.6 Å². The lowest BCUT2D eigenvalue weighted by molar-refractivity contribution is -0.152. The number of allylic oxidation sites excluding steroid dienone is 3. The van der Waals surface area contributed by atoms with E-state index in [4.69, 9.17) is 19.4 Å². The SMILES string of the molecule is O=N[C@H]1CC(CO)O[C@@H](C2C=CC(Cl)=C(Cc3ccc(OI)cc3)C2)[C@@H]1O. The van der Waals surface area contributed by atoms with E-state index in [-0.39, 0.29) is 18.9 Å². The molecule has 1 aromatic carbocycles. The van der Waals surface area contributed by atoms with Gasteiger partial charge in [0.1, 0.15) is 17.9 Å². The van der Waals surface area contributed by atoms with Gasteiger partial charge in [0.05, 0.1) is 18.8 Å². The molecule has 0 amide bonds. The molecule has 2 unspecified atom stereocenters. The van der Waals surface area contributed by atoms with Crippen molar-refractivity contribution in [1.29, 1.82) is 0 Å². The molecular formula is C19H21ClINO5. The normalized spacial score (nSPS) is 31.0. The molecule has 0 spiro atoms. The van der Waals surface area contributed by atoms with Gasteiger partial charge in [-0.05, 0) is 42.2 Å². The summed E-state index contributed by atoms with van der Waals surface area (Å²) in [4.78, 5) is 11.1. The Labute approximate surface area is 176 Å². The lowest BCUT2D eigenvalue weighted by Crippen LogP contribution is -2.51. The summed E-state index contributed by atoms with van der Waals surface area (Å²) in [6, 6.07) is 6.98. The van der Waals surface area contributed by atoms with Gasteiger partial charge in [-0.3, -0.25) is 0 Å². The summed E-state index contributed by atoms with van der Waals surface area (Å²) in [5, 5.41) is 23.6. The van der Waals surface area contributed by atoms with Crippen molar-refractivity contribution < 1.29 is 18.0 Å². The van der Waals surface area contributed by atoms with E-state index in [1.165, 1.54) is 0 Å². The number of benzene rings is 1. The third-order valence-corrected chi connectivity index (χ3v) is 5.99. The second kappa shape index (κ2) is 9.47. The van der Waals surface area contributed by atoms with Crippen molar-refractivity contribution in [3.63, 3.8) is 0 Å². The van der Waals surface area contributed by atoms with Crippen molar-refractivity contribution in [3.05, 3.63) is 57.5 Å². The van der Waals surface area contributed by atoms with Gasteiger partial charge in [0.15, 0.2) is 23.0 Å². The molecule has 6 nitrogen and oxygen atoms in total. The maximum Gasteiger partial charge on any atom is 0.192 e. The van der Waals surface area contributed by atoms with Gasteiger partial charge in [-0.1, -0.05) is 35.0 Å². The van der Waals surface area contributed by atoms with Gasteiger partial charge in [-0.2, -0.15) is 4.91 Å². The van der Waals surface area contributed by atoms with E-state index in [9.17, 15) is 15.1 Å². The number of rotatable bonds is 6. The van der Waals surface area contributed by atoms with Crippen LogP contribution in [0.3, 0.4) is 0 Å². The fourth-order valence-corrected chi connectivity index (χ4v) is 4.14. The molecule has 1 fully saturated rings. The number of nitroso groups, excluding NO2 is 1. The molecule has 0 radical (unpaired) electrons. The van der Waals surface area contributed by atoms with Crippen molar-refractivity contribution in [2.75, 3.05) is 6.61 Å². The van der Waals surface area contributed by atoms with Crippen LogP contribution in [0.25, 0.3) is 0 Å². The number of aliphatic hydroxyl groups excluding tert-OH is 2. The van der Waals surface area contributed by atoms with Gasteiger partial charge in [0.2, 0.25) is 0 Å². The number of hydrogen-bond donors (Lipinski definition) is 2. The third-order valence-electron chi connectivity index (χ3n) is 5.09.